The van der Waals surface area contributed by atoms with Crippen LogP contribution in [-0.4, -0.2) is 48.7 Å². The first-order chi connectivity index (χ1) is 15.5. The second-order valence-corrected chi connectivity index (χ2v) is 10.1. The molecule has 1 aromatic carbocycles. The molecule has 2 fully saturated rings. The van der Waals surface area contributed by atoms with E-state index < -0.39 is 16.1 Å². The average molecular weight is 455 g/mol. The smallest absolute Gasteiger partial charge is 0.285 e. The predicted molar refractivity (Wildman–Crippen MR) is 119 cm³/mol. The maximum Gasteiger partial charge on any atom is 0.285 e. The van der Waals surface area contributed by atoms with Gasteiger partial charge in [-0.05, 0) is 56.2 Å². The number of amides is 1. The first kappa shape index (κ1) is 20.9. The van der Waals surface area contributed by atoms with E-state index >= 15 is 0 Å². The second-order valence-electron chi connectivity index (χ2n) is 8.48. The van der Waals surface area contributed by atoms with E-state index in [-0.39, 0.29) is 16.9 Å². The molecule has 1 aromatic heterocycles. The SMILES string of the molecule is O=C(NCc1ccc(OC2CCCC2)nc1)[C@@H]1CCCN1C1=NS(=O)(=O)c2ccccc21. The zero-order chi connectivity index (χ0) is 22.1. The van der Waals surface area contributed by atoms with Crippen LogP contribution in [0.5, 0.6) is 5.88 Å². The van der Waals surface area contributed by atoms with Gasteiger partial charge in [-0.15, -0.1) is 4.40 Å². The van der Waals surface area contributed by atoms with E-state index in [2.05, 4.69) is 14.7 Å². The van der Waals surface area contributed by atoms with Crippen LogP contribution in [0.3, 0.4) is 0 Å². The Labute approximate surface area is 187 Å². The molecule has 1 atom stereocenters. The summed E-state index contributed by atoms with van der Waals surface area (Å²) in [5, 5.41) is 2.97. The number of nitrogens with one attached hydrogen (secondary N) is 1. The van der Waals surface area contributed by atoms with Gasteiger partial charge in [0.25, 0.3) is 10.0 Å². The van der Waals surface area contributed by atoms with Gasteiger partial charge in [-0.25, -0.2) is 4.98 Å². The molecule has 3 heterocycles. The van der Waals surface area contributed by atoms with Gasteiger partial charge < -0.3 is 15.0 Å². The van der Waals surface area contributed by atoms with Crippen LogP contribution < -0.4 is 10.1 Å². The van der Waals surface area contributed by atoms with Gasteiger partial charge in [-0.3, -0.25) is 4.79 Å². The summed E-state index contributed by atoms with van der Waals surface area (Å²) >= 11 is 0. The number of hydrogen-bond donors (Lipinski definition) is 1. The van der Waals surface area contributed by atoms with E-state index in [1.54, 1.807) is 30.5 Å². The number of aromatic nitrogens is 1. The first-order valence-corrected chi connectivity index (χ1v) is 12.6. The molecule has 1 saturated heterocycles. The highest BCUT2D eigenvalue weighted by Gasteiger charge is 2.39. The normalized spacial score (nSPS) is 21.9. The summed E-state index contributed by atoms with van der Waals surface area (Å²) in [6, 6.07) is 10.1. The number of rotatable bonds is 5. The van der Waals surface area contributed by atoms with Crippen molar-refractivity contribution < 1.29 is 17.9 Å². The summed E-state index contributed by atoms with van der Waals surface area (Å²) in [7, 11) is -3.72. The van der Waals surface area contributed by atoms with Crippen molar-refractivity contribution >= 4 is 21.8 Å². The van der Waals surface area contributed by atoms with Gasteiger partial charge in [0.2, 0.25) is 11.8 Å². The van der Waals surface area contributed by atoms with Crippen LogP contribution in [0.25, 0.3) is 0 Å². The molecule has 168 valence electrons. The lowest BCUT2D eigenvalue weighted by molar-refractivity contribution is -0.124. The summed E-state index contributed by atoms with van der Waals surface area (Å²) in [6.07, 6.45) is 8.00. The third-order valence-electron chi connectivity index (χ3n) is 6.29. The maximum atomic E-state index is 13.0. The molecule has 3 aliphatic rings. The minimum atomic E-state index is -3.72. The standard InChI is InChI=1S/C23H26N4O4S/c28-23(25-15-16-11-12-21(24-14-16)31-17-6-1-2-7-17)19-9-5-13-27(19)22-18-8-3-4-10-20(18)32(29,30)26-22/h3-4,8,10-12,14,17,19H,1-2,5-7,9,13,15H2,(H,25,28)/t19-/m0/s1. The Kier molecular flexibility index (Phi) is 5.58. The number of nitrogens with zero attached hydrogens (tertiary/aromatic N) is 3. The number of amidine groups is 1. The Balaban J connectivity index is 1.23. The molecule has 32 heavy (non-hydrogen) atoms. The molecule has 0 unspecified atom stereocenters. The van der Waals surface area contributed by atoms with Gasteiger partial charge in [0, 0.05) is 30.9 Å². The minimum Gasteiger partial charge on any atom is -0.474 e. The molecule has 9 heteroatoms. The highest BCUT2D eigenvalue weighted by Crippen LogP contribution is 2.31. The molecule has 0 bridgehead atoms. The van der Waals surface area contributed by atoms with Crippen molar-refractivity contribution in [3.05, 3.63) is 53.7 Å². The zero-order valence-corrected chi connectivity index (χ0v) is 18.6. The fourth-order valence-corrected chi connectivity index (χ4v) is 5.87. The minimum absolute atomic E-state index is 0.140. The fraction of sp³-hybridized carbons (Fsp3) is 0.435. The molecule has 1 N–H and O–H groups in total. The number of fused-ring (bicyclic) bond motifs is 1. The highest BCUT2D eigenvalue weighted by atomic mass is 32.2. The molecule has 1 aliphatic carbocycles. The van der Waals surface area contributed by atoms with E-state index in [1.807, 2.05) is 17.0 Å². The number of sulfonamides is 1. The maximum absolute atomic E-state index is 13.0. The van der Waals surface area contributed by atoms with E-state index in [4.69, 9.17) is 4.74 Å². The predicted octanol–water partition coefficient (Wildman–Crippen LogP) is 2.63. The van der Waals surface area contributed by atoms with E-state index in [1.165, 1.54) is 12.8 Å². The van der Waals surface area contributed by atoms with Crippen molar-refractivity contribution in [2.75, 3.05) is 6.54 Å². The van der Waals surface area contributed by atoms with Crippen LogP contribution in [0, 0.1) is 0 Å². The van der Waals surface area contributed by atoms with E-state index in [0.717, 1.165) is 24.8 Å². The molecule has 1 amide bonds. The summed E-state index contributed by atoms with van der Waals surface area (Å²) < 4.78 is 34.7. The molecule has 2 aliphatic heterocycles. The lowest BCUT2D eigenvalue weighted by Gasteiger charge is -2.25. The fourth-order valence-electron chi connectivity index (χ4n) is 4.66. The summed E-state index contributed by atoms with van der Waals surface area (Å²) in [6.45, 7) is 0.941. The van der Waals surface area contributed by atoms with Crippen LogP contribution >= 0.6 is 0 Å². The van der Waals surface area contributed by atoms with Gasteiger partial charge in [0.1, 0.15) is 17.0 Å². The molecule has 0 spiro atoms. The summed E-state index contributed by atoms with van der Waals surface area (Å²) in [4.78, 5) is 19.3. The molecular weight excluding hydrogens is 428 g/mol. The van der Waals surface area contributed by atoms with Gasteiger partial charge in [-0.2, -0.15) is 8.42 Å². The summed E-state index contributed by atoms with van der Waals surface area (Å²) in [5.74, 6) is 0.847. The van der Waals surface area contributed by atoms with Crippen LogP contribution in [0.4, 0.5) is 0 Å². The van der Waals surface area contributed by atoms with Crippen LogP contribution in [0.1, 0.15) is 49.7 Å². The zero-order valence-electron chi connectivity index (χ0n) is 17.7. The van der Waals surface area contributed by atoms with Crippen molar-refractivity contribution in [3.8, 4) is 5.88 Å². The van der Waals surface area contributed by atoms with Crippen LogP contribution in [-0.2, 0) is 21.4 Å². The largest absolute Gasteiger partial charge is 0.474 e. The highest BCUT2D eigenvalue weighted by molar-refractivity contribution is 7.90. The summed E-state index contributed by atoms with van der Waals surface area (Å²) in [5.41, 5.74) is 1.45. The number of pyridine rings is 1. The first-order valence-electron chi connectivity index (χ1n) is 11.1. The second kappa shape index (κ2) is 8.54. The van der Waals surface area contributed by atoms with Gasteiger partial charge in [0.05, 0.1) is 0 Å². The number of likely N-dealkylation sites (tertiary alicyclic amines) is 1. The van der Waals surface area contributed by atoms with Gasteiger partial charge in [0.15, 0.2) is 5.84 Å². The molecule has 8 nitrogen and oxygen atoms in total. The number of benzene rings is 1. The Morgan fingerprint density at radius 1 is 1.09 bits per heavy atom. The van der Waals surface area contributed by atoms with Crippen molar-refractivity contribution in [3.63, 3.8) is 0 Å². The Hall–Kier alpha value is -2.94. The Morgan fingerprint density at radius 2 is 1.91 bits per heavy atom. The average Bonchev–Trinajstić information content (AvgIpc) is 3.53. The molecular formula is C23H26N4O4S. The van der Waals surface area contributed by atoms with Crippen LogP contribution in [0.2, 0.25) is 0 Å². The quantitative estimate of drug-likeness (QED) is 0.745. The molecule has 1 saturated carbocycles. The third kappa shape index (κ3) is 4.09. The topological polar surface area (TPSA) is 101 Å². The van der Waals surface area contributed by atoms with E-state index in [0.29, 0.717) is 36.8 Å². The number of hydrogen-bond acceptors (Lipinski definition) is 6. The molecule has 2 aromatic rings. The molecule has 5 rings (SSSR count). The number of carbonyl (C=O) groups is 1. The lowest BCUT2D eigenvalue weighted by atomic mass is 10.1. The number of ether oxygens (including phenoxy) is 1. The van der Waals surface area contributed by atoms with Crippen molar-refractivity contribution in [2.24, 2.45) is 4.40 Å². The van der Waals surface area contributed by atoms with Gasteiger partial charge >= 0.3 is 0 Å². The Morgan fingerprint density at radius 3 is 2.69 bits per heavy atom. The van der Waals surface area contributed by atoms with Crippen LogP contribution in [0.15, 0.2) is 51.9 Å². The number of carbonyl (C=O) groups excluding carboxylic acids is 1. The lowest BCUT2D eigenvalue weighted by Crippen LogP contribution is -2.45. The van der Waals surface area contributed by atoms with Crippen molar-refractivity contribution in [2.45, 2.75) is 62.1 Å². The van der Waals surface area contributed by atoms with Gasteiger partial charge in [-0.1, -0.05) is 18.2 Å². The van der Waals surface area contributed by atoms with E-state index in [9.17, 15) is 13.2 Å². The monoisotopic (exact) mass is 454 g/mol. The van der Waals surface area contributed by atoms with Crippen molar-refractivity contribution in [1.82, 2.24) is 15.2 Å². The van der Waals surface area contributed by atoms with Crippen molar-refractivity contribution in [1.29, 1.82) is 0 Å². The Bertz CT molecular complexity index is 1140. The molecule has 0 radical (unpaired) electrons. The third-order valence-corrected chi connectivity index (χ3v) is 7.62.